The molecule has 0 atom stereocenters. The average molecular weight is 453 g/mol. The number of carbonyl (C=O) groups excluding carboxylic acids is 1. The van der Waals surface area contributed by atoms with Crippen LogP contribution in [0.5, 0.6) is 0 Å². The summed E-state index contributed by atoms with van der Waals surface area (Å²) in [5, 5.41) is 3.69. The zero-order valence-electron chi connectivity index (χ0n) is 17.0. The molecule has 0 amide bonds. The van der Waals surface area contributed by atoms with Crippen LogP contribution in [0, 0.1) is 6.92 Å². The second-order valence-corrected chi connectivity index (χ2v) is 8.79. The summed E-state index contributed by atoms with van der Waals surface area (Å²) in [4.78, 5) is 40.8. The van der Waals surface area contributed by atoms with Gasteiger partial charge in [0.1, 0.15) is 0 Å². The smallest absolute Gasteiger partial charge is 0.338 e. The first kappa shape index (κ1) is 21.2. The molecule has 0 aliphatic rings. The number of pyridine rings is 1. The highest BCUT2D eigenvalue weighted by atomic mass is 32.2. The number of nitrogens with zero attached hydrogens (tertiary/aromatic N) is 3. The molecule has 0 spiro atoms. The van der Waals surface area contributed by atoms with Gasteiger partial charge in [0.05, 0.1) is 28.8 Å². The van der Waals surface area contributed by atoms with E-state index in [1.807, 2.05) is 23.6 Å². The Morgan fingerprint density at radius 2 is 1.97 bits per heavy atom. The molecule has 0 fully saturated rings. The van der Waals surface area contributed by atoms with E-state index in [0.29, 0.717) is 16.6 Å². The lowest BCUT2D eigenvalue weighted by molar-refractivity contribution is 0.0602. The van der Waals surface area contributed by atoms with Crippen molar-refractivity contribution in [1.82, 2.24) is 19.9 Å². The minimum atomic E-state index is -0.589. The zero-order valence-corrected chi connectivity index (χ0v) is 18.7. The van der Waals surface area contributed by atoms with E-state index in [4.69, 9.17) is 4.74 Å². The number of rotatable bonds is 7. The van der Waals surface area contributed by atoms with Gasteiger partial charge in [0.15, 0.2) is 10.8 Å². The molecular weight excluding hydrogens is 432 g/mol. The van der Waals surface area contributed by atoms with Crippen molar-refractivity contribution in [2.45, 2.75) is 30.7 Å². The number of aromatic amines is 1. The fraction of sp³-hybridized carbons (Fsp3) is 0.227. The van der Waals surface area contributed by atoms with Crippen molar-refractivity contribution in [3.05, 3.63) is 79.7 Å². The Kier molecular flexibility index (Phi) is 6.43. The third-order valence-corrected chi connectivity index (χ3v) is 6.48. The number of hydrogen-bond donors (Lipinski definition) is 1. The van der Waals surface area contributed by atoms with E-state index < -0.39 is 11.5 Å². The third-order valence-electron chi connectivity index (χ3n) is 4.62. The van der Waals surface area contributed by atoms with Gasteiger partial charge in [0.2, 0.25) is 0 Å². The number of nitrogens with one attached hydrogen (secondary N) is 1. The summed E-state index contributed by atoms with van der Waals surface area (Å²) < 4.78 is 4.78. The standard InChI is InChI=1S/C22H20N4O3S2/c1-13-10-16(21(28)29-2)18-19(23-13)25-22(26-20(18)27)31-12-15-11-30-17(24-15)9-8-14-6-4-3-5-7-14/h3-7,10-11H,8-9,12H2,1-2H3,(H,23,25,26,27). The summed E-state index contributed by atoms with van der Waals surface area (Å²) in [5.41, 5.74) is 2.80. The highest BCUT2D eigenvalue weighted by molar-refractivity contribution is 7.98. The third kappa shape index (κ3) is 5.00. The molecule has 4 rings (SSSR count). The van der Waals surface area contributed by atoms with Crippen LogP contribution in [-0.4, -0.2) is 33.0 Å². The lowest BCUT2D eigenvalue weighted by Crippen LogP contribution is -2.16. The summed E-state index contributed by atoms with van der Waals surface area (Å²) in [6.07, 6.45) is 1.85. The van der Waals surface area contributed by atoms with Crippen LogP contribution in [0.1, 0.15) is 32.3 Å². The summed E-state index contributed by atoms with van der Waals surface area (Å²) in [5.74, 6) is -0.0138. The number of fused-ring (bicyclic) bond motifs is 1. The molecule has 0 aliphatic heterocycles. The van der Waals surface area contributed by atoms with Crippen molar-refractivity contribution in [2.75, 3.05) is 7.11 Å². The Labute approximate surface area is 186 Å². The number of thiazole rings is 1. The molecule has 3 aromatic heterocycles. The van der Waals surface area contributed by atoms with E-state index in [-0.39, 0.29) is 16.6 Å². The molecule has 9 heteroatoms. The molecule has 7 nitrogen and oxygen atoms in total. The first-order chi connectivity index (χ1) is 15.0. The number of methoxy groups -OCH3 is 1. The number of esters is 1. The predicted molar refractivity (Wildman–Crippen MR) is 122 cm³/mol. The van der Waals surface area contributed by atoms with Crippen LogP contribution < -0.4 is 5.56 Å². The van der Waals surface area contributed by atoms with Crippen LogP contribution in [0.4, 0.5) is 0 Å². The van der Waals surface area contributed by atoms with Gasteiger partial charge in [-0.25, -0.2) is 19.7 Å². The van der Waals surface area contributed by atoms with Gasteiger partial charge >= 0.3 is 5.97 Å². The number of H-pyrrole nitrogens is 1. The number of carbonyl (C=O) groups is 1. The van der Waals surface area contributed by atoms with Crippen LogP contribution >= 0.6 is 23.1 Å². The van der Waals surface area contributed by atoms with Crippen molar-refractivity contribution >= 4 is 40.1 Å². The largest absolute Gasteiger partial charge is 0.465 e. The van der Waals surface area contributed by atoms with Crippen molar-refractivity contribution in [2.24, 2.45) is 0 Å². The molecule has 0 bridgehead atoms. The van der Waals surface area contributed by atoms with Gasteiger partial charge in [-0.2, -0.15) is 0 Å². The minimum Gasteiger partial charge on any atom is -0.465 e. The van der Waals surface area contributed by atoms with Gasteiger partial charge in [-0.3, -0.25) is 4.79 Å². The molecule has 1 aromatic carbocycles. The van der Waals surface area contributed by atoms with Gasteiger partial charge in [-0.1, -0.05) is 42.1 Å². The predicted octanol–water partition coefficient (Wildman–Crippen LogP) is 3.95. The molecule has 0 radical (unpaired) electrons. The fourth-order valence-electron chi connectivity index (χ4n) is 3.15. The summed E-state index contributed by atoms with van der Waals surface area (Å²) in [7, 11) is 1.28. The number of aryl methyl sites for hydroxylation is 3. The number of hydrogen-bond acceptors (Lipinski definition) is 8. The molecule has 1 N–H and O–H groups in total. The lowest BCUT2D eigenvalue weighted by Gasteiger charge is -2.06. The molecule has 4 aromatic rings. The molecule has 31 heavy (non-hydrogen) atoms. The van der Waals surface area contributed by atoms with E-state index >= 15 is 0 Å². The van der Waals surface area contributed by atoms with Gasteiger partial charge < -0.3 is 9.72 Å². The second kappa shape index (κ2) is 9.40. The van der Waals surface area contributed by atoms with Crippen LogP contribution in [0.2, 0.25) is 0 Å². The van der Waals surface area contributed by atoms with Crippen molar-refractivity contribution in [3.63, 3.8) is 0 Å². The molecule has 0 aliphatic carbocycles. The number of ether oxygens (including phenoxy) is 1. The SMILES string of the molecule is COC(=O)c1cc(C)nc2nc(SCc3csc(CCc4ccccc4)n3)[nH]c(=O)c12. The molecule has 0 saturated carbocycles. The number of thioether (sulfide) groups is 1. The molecular formula is C22H20N4O3S2. The van der Waals surface area contributed by atoms with Crippen molar-refractivity contribution in [1.29, 1.82) is 0 Å². The maximum Gasteiger partial charge on any atom is 0.338 e. The lowest BCUT2D eigenvalue weighted by atomic mass is 10.1. The fourth-order valence-corrected chi connectivity index (χ4v) is 4.80. The highest BCUT2D eigenvalue weighted by Gasteiger charge is 2.17. The van der Waals surface area contributed by atoms with Crippen LogP contribution in [0.3, 0.4) is 0 Å². The molecule has 158 valence electrons. The first-order valence-electron chi connectivity index (χ1n) is 9.63. The van der Waals surface area contributed by atoms with E-state index in [1.165, 1.54) is 30.5 Å². The van der Waals surface area contributed by atoms with Crippen LogP contribution in [0.15, 0.2) is 51.7 Å². The zero-order chi connectivity index (χ0) is 21.8. The van der Waals surface area contributed by atoms with Gasteiger partial charge in [-0.15, -0.1) is 11.3 Å². The Hall–Kier alpha value is -3.04. The number of aromatic nitrogens is 4. The Balaban J connectivity index is 1.48. The maximum absolute atomic E-state index is 12.6. The summed E-state index contributed by atoms with van der Waals surface area (Å²) >= 11 is 3.02. The monoisotopic (exact) mass is 452 g/mol. The Bertz CT molecular complexity index is 1290. The first-order valence-corrected chi connectivity index (χ1v) is 11.5. The highest BCUT2D eigenvalue weighted by Crippen LogP contribution is 2.23. The topological polar surface area (TPSA) is 97.8 Å². The molecule has 0 saturated heterocycles. The summed E-state index contributed by atoms with van der Waals surface area (Å²) in [6, 6.07) is 11.9. The van der Waals surface area contributed by atoms with E-state index in [2.05, 4.69) is 32.1 Å². The molecule has 0 unspecified atom stereocenters. The van der Waals surface area contributed by atoms with E-state index in [9.17, 15) is 9.59 Å². The van der Waals surface area contributed by atoms with Crippen LogP contribution in [-0.2, 0) is 23.3 Å². The minimum absolute atomic E-state index is 0.138. The number of benzene rings is 1. The Morgan fingerprint density at radius 3 is 2.74 bits per heavy atom. The van der Waals surface area contributed by atoms with Crippen molar-refractivity contribution < 1.29 is 9.53 Å². The van der Waals surface area contributed by atoms with Gasteiger partial charge in [0.25, 0.3) is 5.56 Å². The maximum atomic E-state index is 12.6. The second-order valence-electron chi connectivity index (χ2n) is 6.88. The van der Waals surface area contributed by atoms with E-state index in [0.717, 1.165) is 23.5 Å². The Morgan fingerprint density at radius 1 is 1.16 bits per heavy atom. The summed E-state index contributed by atoms with van der Waals surface area (Å²) in [6.45, 7) is 1.74. The molecule has 3 heterocycles. The normalized spacial score (nSPS) is 11.0. The van der Waals surface area contributed by atoms with Gasteiger partial charge in [-0.05, 0) is 25.0 Å². The van der Waals surface area contributed by atoms with E-state index in [1.54, 1.807) is 18.3 Å². The van der Waals surface area contributed by atoms with Crippen LogP contribution in [0.25, 0.3) is 11.0 Å². The van der Waals surface area contributed by atoms with Crippen molar-refractivity contribution in [3.8, 4) is 0 Å². The average Bonchev–Trinajstić information content (AvgIpc) is 3.23. The van der Waals surface area contributed by atoms with Gasteiger partial charge in [0, 0.05) is 23.2 Å². The quantitative estimate of drug-likeness (QED) is 0.258.